The number of piperazine rings is 1. The number of anilines is 1. The molecule has 1 aromatic carbocycles. The third-order valence-corrected chi connectivity index (χ3v) is 3.95. The Morgan fingerprint density at radius 1 is 0.950 bits per heavy atom. The van der Waals surface area contributed by atoms with Crippen LogP contribution in [0.2, 0.25) is 0 Å². The summed E-state index contributed by atoms with van der Waals surface area (Å²) in [5.74, 6) is 1.11. The number of halogens is 1. The lowest BCUT2D eigenvalue weighted by molar-refractivity contribution is 0.209. The Labute approximate surface area is 127 Å². The number of pyridine rings is 1. The maximum atomic E-state index is 4.78. The summed E-state index contributed by atoms with van der Waals surface area (Å²) in [7, 11) is 0. The van der Waals surface area contributed by atoms with Gasteiger partial charge in [0.15, 0.2) is 0 Å². The van der Waals surface area contributed by atoms with Crippen molar-refractivity contribution in [3.05, 3.63) is 36.4 Å². The average Bonchev–Trinajstić information content (AvgIpc) is 2.47. The Kier molecular flexibility index (Phi) is 4.84. The molecular weight excluding hydrogens is 270 g/mol. The molecule has 3 rings (SSSR count). The van der Waals surface area contributed by atoms with Crippen LogP contribution in [0.5, 0.6) is 0 Å². The van der Waals surface area contributed by atoms with Crippen molar-refractivity contribution in [1.29, 1.82) is 0 Å². The minimum atomic E-state index is 0. The largest absolute Gasteiger partial charge is 0.354 e. The summed E-state index contributed by atoms with van der Waals surface area (Å²) in [5.41, 5.74) is 1.09. The molecule has 0 saturated carbocycles. The molecule has 1 fully saturated rings. The molecule has 2 heterocycles. The highest BCUT2D eigenvalue weighted by atomic mass is 35.5. The Morgan fingerprint density at radius 3 is 2.35 bits per heavy atom. The summed E-state index contributed by atoms with van der Waals surface area (Å²) >= 11 is 0. The van der Waals surface area contributed by atoms with Gasteiger partial charge in [-0.3, -0.25) is 4.90 Å². The molecule has 1 aromatic heterocycles. The van der Waals surface area contributed by atoms with E-state index in [-0.39, 0.29) is 12.4 Å². The fourth-order valence-corrected chi connectivity index (χ4v) is 2.70. The van der Waals surface area contributed by atoms with Gasteiger partial charge in [-0.15, -0.1) is 12.4 Å². The number of hydrogen-bond donors (Lipinski definition) is 0. The molecule has 0 aliphatic carbocycles. The van der Waals surface area contributed by atoms with E-state index in [9.17, 15) is 0 Å². The molecule has 3 nitrogen and oxygen atoms in total. The maximum Gasteiger partial charge on any atom is 0.129 e. The van der Waals surface area contributed by atoms with Crippen LogP contribution in [0.3, 0.4) is 0 Å². The van der Waals surface area contributed by atoms with Crippen LogP contribution in [0.4, 0.5) is 5.82 Å². The fraction of sp³-hybridized carbons (Fsp3) is 0.438. The summed E-state index contributed by atoms with van der Waals surface area (Å²) in [4.78, 5) is 9.70. The van der Waals surface area contributed by atoms with Gasteiger partial charge in [-0.1, -0.05) is 18.2 Å². The van der Waals surface area contributed by atoms with E-state index in [1.807, 2.05) is 0 Å². The smallest absolute Gasteiger partial charge is 0.129 e. The van der Waals surface area contributed by atoms with E-state index < -0.39 is 0 Å². The molecular formula is C16H22ClN3. The SMILES string of the molecule is CC(C)N1CCN(c2ccc3ccccc3n2)CC1.Cl. The number of benzene rings is 1. The van der Waals surface area contributed by atoms with E-state index in [4.69, 9.17) is 4.98 Å². The first kappa shape index (κ1) is 15.1. The zero-order valence-corrected chi connectivity index (χ0v) is 12.9. The van der Waals surface area contributed by atoms with Gasteiger partial charge in [-0.25, -0.2) is 4.98 Å². The molecule has 1 aliphatic rings. The van der Waals surface area contributed by atoms with Gasteiger partial charge in [0.05, 0.1) is 5.52 Å². The monoisotopic (exact) mass is 291 g/mol. The molecule has 1 saturated heterocycles. The maximum absolute atomic E-state index is 4.78. The van der Waals surface area contributed by atoms with Crippen molar-refractivity contribution in [2.45, 2.75) is 19.9 Å². The van der Waals surface area contributed by atoms with Crippen LogP contribution in [0.15, 0.2) is 36.4 Å². The zero-order chi connectivity index (χ0) is 13.2. The fourth-order valence-electron chi connectivity index (χ4n) is 2.70. The van der Waals surface area contributed by atoms with Gasteiger partial charge in [0.2, 0.25) is 0 Å². The lowest BCUT2D eigenvalue weighted by Crippen LogP contribution is -2.49. The van der Waals surface area contributed by atoms with Crippen molar-refractivity contribution < 1.29 is 0 Å². The molecule has 0 N–H and O–H groups in total. The van der Waals surface area contributed by atoms with Crippen LogP contribution in [0, 0.1) is 0 Å². The molecule has 20 heavy (non-hydrogen) atoms. The molecule has 0 amide bonds. The molecule has 0 bridgehead atoms. The minimum Gasteiger partial charge on any atom is -0.354 e. The average molecular weight is 292 g/mol. The molecule has 0 atom stereocenters. The van der Waals surface area contributed by atoms with E-state index in [1.165, 1.54) is 5.39 Å². The lowest BCUT2D eigenvalue weighted by Gasteiger charge is -2.37. The van der Waals surface area contributed by atoms with Gasteiger partial charge in [-0.05, 0) is 32.0 Å². The Bertz CT molecular complexity index is 562. The van der Waals surface area contributed by atoms with Crippen LogP contribution in [-0.2, 0) is 0 Å². The minimum absolute atomic E-state index is 0. The van der Waals surface area contributed by atoms with E-state index in [1.54, 1.807) is 0 Å². The summed E-state index contributed by atoms with van der Waals surface area (Å²) in [6.45, 7) is 8.94. The summed E-state index contributed by atoms with van der Waals surface area (Å²) in [6.07, 6.45) is 0. The third-order valence-electron chi connectivity index (χ3n) is 3.95. The molecule has 0 unspecified atom stereocenters. The quantitative estimate of drug-likeness (QED) is 0.847. The second-order valence-corrected chi connectivity index (χ2v) is 5.48. The van der Waals surface area contributed by atoms with E-state index in [0.29, 0.717) is 6.04 Å². The first-order chi connectivity index (χ1) is 9.24. The van der Waals surface area contributed by atoms with Gasteiger partial charge in [0.25, 0.3) is 0 Å². The number of aromatic nitrogens is 1. The van der Waals surface area contributed by atoms with E-state index >= 15 is 0 Å². The summed E-state index contributed by atoms with van der Waals surface area (Å²) in [6, 6.07) is 13.3. The van der Waals surface area contributed by atoms with Crippen molar-refractivity contribution in [3.8, 4) is 0 Å². The highest BCUT2D eigenvalue weighted by molar-refractivity contribution is 5.85. The summed E-state index contributed by atoms with van der Waals surface area (Å²) in [5, 5.41) is 1.21. The van der Waals surface area contributed by atoms with Crippen molar-refractivity contribution in [3.63, 3.8) is 0 Å². The molecule has 108 valence electrons. The Balaban J connectivity index is 0.00000147. The first-order valence-corrected chi connectivity index (χ1v) is 7.09. The number of para-hydroxylation sites is 1. The highest BCUT2D eigenvalue weighted by Crippen LogP contribution is 2.19. The number of hydrogen-bond acceptors (Lipinski definition) is 3. The third kappa shape index (κ3) is 3.05. The number of rotatable bonds is 2. The second-order valence-electron chi connectivity index (χ2n) is 5.48. The lowest BCUT2D eigenvalue weighted by atomic mass is 10.2. The van der Waals surface area contributed by atoms with Gasteiger partial charge in [0, 0.05) is 37.6 Å². The standard InChI is InChI=1S/C16H21N3.ClH/c1-13(2)18-9-11-19(12-10-18)16-8-7-14-5-3-4-6-15(14)17-16;/h3-8,13H,9-12H2,1-2H3;1H. The zero-order valence-electron chi connectivity index (χ0n) is 12.1. The van der Waals surface area contributed by atoms with Crippen molar-refractivity contribution in [2.24, 2.45) is 0 Å². The van der Waals surface area contributed by atoms with Crippen LogP contribution in [0.25, 0.3) is 10.9 Å². The molecule has 0 radical (unpaired) electrons. The van der Waals surface area contributed by atoms with Crippen LogP contribution >= 0.6 is 12.4 Å². The van der Waals surface area contributed by atoms with E-state index in [2.05, 4.69) is 60.0 Å². The van der Waals surface area contributed by atoms with Crippen molar-refractivity contribution in [2.75, 3.05) is 31.1 Å². The predicted octanol–water partition coefficient (Wildman–Crippen LogP) is 3.19. The normalized spacial score (nSPS) is 16.4. The molecule has 0 spiro atoms. The van der Waals surface area contributed by atoms with Gasteiger partial charge in [-0.2, -0.15) is 0 Å². The number of nitrogens with zero attached hydrogens (tertiary/aromatic N) is 3. The van der Waals surface area contributed by atoms with Gasteiger partial charge in [0.1, 0.15) is 5.82 Å². The van der Waals surface area contributed by atoms with Crippen LogP contribution in [0.1, 0.15) is 13.8 Å². The van der Waals surface area contributed by atoms with Crippen LogP contribution < -0.4 is 4.90 Å². The van der Waals surface area contributed by atoms with Crippen molar-refractivity contribution >= 4 is 29.1 Å². The van der Waals surface area contributed by atoms with Gasteiger partial charge >= 0.3 is 0 Å². The Hall–Kier alpha value is -1.32. The number of fused-ring (bicyclic) bond motifs is 1. The first-order valence-electron chi connectivity index (χ1n) is 7.09. The van der Waals surface area contributed by atoms with Crippen molar-refractivity contribution in [1.82, 2.24) is 9.88 Å². The highest BCUT2D eigenvalue weighted by Gasteiger charge is 2.19. The Morgan fingerprint density at radius 2 is 1.65 bits per heavy atom. The predicted molar refractivity (Wildman–Crippen MR) is 87.9 cm³/mol. The molecule has 1 aliphatic heterocycles. The molecule has 2 aromatic rings. The van der Waals surface area contributed by atoms with Crippen LogP contribution in [-0.4, -0.2) is 42.1 Å². The summed E-state index contributed by atoms with van der Waals surface area (Å²) < 4.78 is 0. The second kappa shape index (κ2) is 6.42. The van der Waals surface area contributed by atoms with Gasteiger partial charge < -0.3 is 4.90 Å². The molecule has 4 heteroatoms. The van der Waals surface area contributed by atoms with E-state index in [0.717, 1.165) is 37.5 Å². The topological polar surface area (TPSA) is 19.4 Å².